The van der Waals surface area contributed by atoms with Crippen LogP contribution in [0.4, 0.5) is 5.82 Å². The van der Waals surface area contributed by atoms with Crippen molar-refractivity contribution in [3.63, 3.8) is 0 Å². The summed E-state index contributed by atoms with van der Waals surface area (Å²) in [4.78, 5) is 18.5. The van der Waals surface area contributed by atoms with Crippen LogP contribution in [0.5, 0.6) is 0 Å². The Balaban J connectivity index is 2.11. The molecular formula is C15H23ClN4O. The quantitative estimate of drug-likeness (QED) is 0.511. The van der Waals surface area contributed by atoms with Gasteiger partial charge in [-0.25, -0.2) is 10.8 Å². The Kier molecular flexibility index (Phi) is 5.42. The summed E-state index contributed by atoms with van der Waals surface area (Å²) in [6, 6.07) is 3.23. The molecule has 1 aliphatic heterocycles. The minimum atomic E-state index is 0.000191. The number of hydrazine groups is 1. The zero-order valence-electron chi connectivity index (χ0n) is 12.6. The van der Waals surface area contributed by atoms with Gasteiger partial charge in [0.25, 0.3) is 5.91 Å². The Labute approximate surface area is 130 Å². The molecule has 0 aromatic carbocycles. The average molecular weight is 311 g/mol. The topological polar surface area (TPSA) is 71.2 Å². The van der Waals surface area contributed by atoms with Gasteiger partial charge in [-0.15, -0.1) is 0 Å². The van der Waals surface area contributed by atoms with E-state index in [2.05, 4.69) is 24.3 Å². The Morgan fingerprint density at radius 2 is 2.19 bits per heavy atom. The maximum absolute atomic E-state index is 12.6. The molecule has 1 aromatic heterocycles. The first-order valence-corrected chi connectivity index (χ1v) is 7.82. The molecule has 2 rings (SSSR count). The second-order valence-corrected chi connectivity index (χ2v) is 6.32. The number of hydrogen-bond donors (Lipinski definition) is 2. The predicted octanol–water partition coefficient (Wildman–Crippen LogP) is 2.92. The lowest BCUT2D eigenvalue weighted by Gasteiger charge is -2.22. The number of pyridine rings is 1. The molecule has 1 aliphatic rings. The van der Waals surface area contributed by atoms with Gasteiger partial charge in [0.1, 0.15) is 11.0 Å². The molecule has 3 N–H and O–H groups in total. The number of rotatable bonds is 3. The lowest BCUT2D eigenvalue weighted by molar-refractivity contribution is 0.0758. The van der Waals surface area contributed by atoms with Gasteiger partial charge in [0.2, 0.25) is 0 Å². The number of halogens is 1. The van der Waals surface area contributed by atoms with Crippen molar-refractivity contribution in [2.45, 2.75) is 33.1 Å². The molecule has 1 aromatic rings. The molecular weight excluding hydrogens is 288 g/mol. The number of anilines is 1. The largest absolute Gasteiger partial charge is 0.339 e. The maximum Gasteiger partial charge on any atom is 0.254 e. The number of nitrogens with zero attached hydrogens (tertiary/aromatic N) is 2. The van der Waals surface area contributed by atoms with E-state index in [1.54, 1.807) is 12.1 Å². The Hall–Kier alpha value is -1.33. The van der Waals surface area contributed by atoms with E-state index in [9.17, 15) is 4.79 Å². The summed E-state index contributed by atoms with van der Waals surface area (Å²) in [7, 11) is 0. The molecule has 1 atom stereocenters. The summed E-state index contributed by atoms with van der Waals surface area (Å²) in [5.74, 6) is 7.12. The van der Waals surface area contributed by atoms with Crippen molar-refractivity contribution < 1.29 is 4.79 Å². The summed E-state index contributed by atoms with van der Waals surface area (Å²) in [5, 5.41) is 0.267. The fourth-order valence-corrected chi connectivity index (χ4v) is 3.08. The minimum Gasteiger partial charge on any atom is -0.339 e. The van der Waals surface area contributed by atoms with Crippen molar-refractivity contribution >= 4 is 23.3 Å². The smallest absolute Gasteiger partial charge is 0.254 e. The average Bonchev–Trinajstić information content (AvgIpc) is 2.71. The van der Waals surface area contributed by atoms with Crippen LogP contribution in [0.25, 0.3) is 0 Å². The molecule has 0 spiro atoms. The molecule has 21 heavy (non-hydrogen) atoms. The molecule has 0 saturated carbocycles. The number of nitrogen functional groups attached to an aromatic ring is 1. The highest BCUT2D eigenvalue weighted by molar-refractivity contribution is 6.29. The van der Waals surface area contributed by atoms with Gasteiger partial charge < -0.3 is 10.3 Å². The van der Waals surface area contributed by atoms with E-state index in [4.69, 9.17) is 17.4 Å². The minimum absolute atomic E-state index is 0.000191. The highest BCUT2D eigenvalue weighted by Crippen LogP contribution is 2.25. The predicted molar refractivity (Wildman–Crippen MR) is 85.1 cm³/mol. The van der Waals surface area contributed by atoms with Crippen LogP contribution in [0.1, 0.15) is 43.5 Å². The fourth-order valence-electron chi connectivity index (χ4n) is 2.87. The van der Waals surface area contributed by atoms with Gasteiger partial charge in [0, 0.05) is 18.7 Å². The SMILES string of the molecule is CC(C)C1CCCN(C(=O)c2cc(Cl)nc(NN)c2)CC1. The summed E-state index contributed by atoms with van der Waals surface area (Å²) in [6.07, 6.45) is 3.30. The molecule has 1 fully saturated rings. The van der Waals surface area contributed by atoms with Crippen LogP contribution in [0, 0.1) is 11.8 Å². The van der Waals surface area contributed by atoms with Crippen LogP contribution in [-0.2, 0) is 0 Å². The van der Waals surface area contributed by atoms with E-state index in [0.29, 0.717) is 23.2 Å². The van der Waals surface area contributed by atoms with E-state index in [1.165, 1.54) is 6.42 Å². The number of nitrogens with one attached hydrogen (secondary N) is 1. The first kappa shape index (κ1) is 16.0. The Morgan fingerprint density at radius 1 is 1.43 bits per heavy atom. The number of nitrogens with two attached hydrogens (primary N) is 1. The zero-order chi connectivity index (χ0) is 15.4. The highest BCUT2D eigenvalue weighted by atomic mass is 35.5. The van der Waals surface area contributed by atoms with Gasteiger partial charge in [0.15, 0.2) is 0 Å². The van der Waals surface area contributed by atoms with Crippen LogP contribution in [0.3, 0.4) is 0 Å². The van der Waals surface area contributed by atoms with Gasteiger partial charge in [0.05, 0.1) is 0 Å². The van der Waals surface area contributed by atoms with Crippen LogP contribution in [-0.4, -0.2) is 28.9 Å². The summed E-state index contributed by atoms with van der Waals surface area (Å²) in [5.41, 5.74) is 2.97. The second-order valence-electron chi connectivity index (χ2n) is 5.94. The molecule has 1 amide bonds. The molecule has 1 unspecified atom stereocenters. The van der Waals surface area contributed by atoms with Crippen molar-refractivity contribution in [3.05, 3.63) is 22.8 Å². The van der Waals surface area contributed by atoms with E-state index < -0.39 is 0 Å². The summed E-state index contributed by atoms with van der Waals surface area (Å²) < 4.78 is 0. The first-order valence-electron chi connectivity index (χ1n) is 7.44. The molecule has 1 saturated heterocycles. The lowest BCUT2D eigenvalue weighted by Crippen LogP contribution is -2.32. The van der Waals surface area contributed by atoms with E-state index in [0.717, 1.165) is 25.9 Å². The van der Waals surface area contributed by atoms with Gasteiger partial charge >= 0.3 is 0 Å². The lowest BCUT2D eigenvalue weighted by atomic mass is 9.89. The fraction of sp³-hybridized carbons (Fsp3) is 0.600. The normalized spacial score (nSPS) is 19.5. The summed E-state index contributed by atoms with van der Waals surface area (Å²) >= 11 is 5.93. The van der Waals surface area contributed by atoms with Gasteiger partial charge in [-0.2, -0.15) is 0 Å². The number of amides is 1. The van der Waals surface area contributed by atoms with Gasteiger partial charge in [-0.1, -0.05) is 25.4 Å². The van der Waals surface area contributed by atoms with Gasteiger partial charge in [-0.05, 0) is 43.2 Å². The van der Waals surface area contributed by atoms with Crippen molar-refractivity contribution in [3.8, 4) is 0 Å². The Morgan fingerprint density at radius 3 is 2.86 bits per heavy atom. The summed E-state index contributed by atoms with van der Waals surface area (Å²) in [6.45, 7) is 6.11. The van der Waals surface area contributed by atoms with E-state index >= 15 is 0 Å². The number of likely N-dealkylation sites (tertiary alicyclic amines) is 1. The molecule has 2 heterocycles. The maximum atomic E-state index is 12.6. The highest BCUT2D eigenvalue weighted by Gasteiger charge is 2.23. The van der Waals surface area contributed by atoms with Crippen molar-refractivity contribution in [1.29, 1.82) is 0 Å². The van der Waals surface area contributed by atoms with E-state index in [-0.39, 0.29) is 11.1 Å². The Bertz CT molecular complexity index is 506. The van der Waals surface area contributed by atoms with Crippen LogP contribution >= 0.6 is 11.6 Å². The molecule has 0 radical (unpaired) electrons. The van der Waals surface area contributed by atoms with Gasteiger partial charge in [-0.3, -0.25) is 4.79 Å². The number of carbonyl (C=O) groups excluding carboxylic acids is 1. The second kappa shape index (κ2) is 7.09. The third kappa shape index (κ3) is 4.08. The number of carbonyl (C=O) groups is 1. The number of hydrogen-bond acceptors (Lipinski definition) is 4. The van der Waals surface area contributed by atoms with Crippen LogP contribution in [0.2, 0.25) is 5.15 Å². The molecule has 0 aliphatic carbocycles. The van der Waals surface area contributed by atoms with E-state index in [1.807, 2.05) is 4.90 Å². The first-order chi connectivity index (χ1) is 10.0. The van der Waals surface area contributed by atoms with Crippen LogP contribution in [0.15, 0.2) is 12.1 Å². The van der Waals surface area contributed by atoms with Crippen molar-refractivity contribution in [1.82, 2.24) is 9.88 Å². The zero-order valence-corrected chi connectivity index (χ0v) is 13.4. The number of aromatic nitrogens is 1. The monoisotopic (exact) mass is 310 g/mol. The molecule has 0 bridgehead atoms. The molecule has 5 nitrogen and oxygen atoms in total. The van der Waals surface area contributed by atoms with Crippen LogP contribution < -0.4 is 11.3 Å². The molecule has 116 valence electrons. The van der Waals surface area contributed by atoms with Crippen molar-refractivity contribution in [2.75, 3.05) is 18.5 Å². The third-order valence-corrected chi connectivity index (χ3v) is 4.39. The van der Waals surface area contributed by atoms with Crippen molar-refractivity contribution in [2.24, 2.45) is 17.7 Å². The molecule has 6 heteroatoms. The third-order valence-electron chi connectivity index (χ3n) is 4.19. The standard InChI is InChI=1S/C15H23ClN4O/c1-10(2)11-4-3-6-20(7-5-11)15(21)12-8-13(16)18-14(9-12)19-17/h8-11H,3-7,17H2,1-2H3,(H,18,19).